The van der Waals surface area contributed by atoms with Gasteiger partial charge in [0.05, 0.1) is 16.8 Å². The highest BCUT2D eigenvalue weighted by Gasteiger charge is 2.14. The highest BCUT2D eigenvalue weighted by atomic mass is 32.2. The van der Waals surface area contributed by atoms with Crippen LogP contribution >= 0.6 is 0 Å². The van der Waals surface area contributed by atoms with E-state index in [0.29, 0.717) is 5.69 Å². The van der Waals surface area contributed by atoms with Gasteiger partial charge in [-0.25, -0.2) is 8.42 Å². The fraction of sp³-hybridized carbons (Fsp3) is 0. The normalized spacial score (nSPS) is 11.6. The highest BCUT2D eigenvalue weighted by Crippen LogP contribution is 2.20. The van der Waals surface area contributed by atoms with Crippen molar-refractivity contribution in [3.63, 3.8) is 0 Å². The number of aromatic amines is 1. The Hall–Kier alpha value is -2.34. The summed E-state index contributed by atoms with van der Waals surface area (Å²) in [5, 5.41) is 8.15. The molecule has 0 atom stereocenters. The van der Waals surface area contributed by atoms with E-state index in [-0.39, 0.29) is 4.90 Å². The largest absolute Gasteiger partial charge is 0.284 e. The first kappa shape index (κ1) is 11.7. The van der Waals surface area contributed by atoms with E-state index in [2.05, 4.69) is 14.9 Å². The molecule has 5 nitrogen and oxygen atoms in total. The average molecular weight is 273 g/mol. The lowest BCUT2D eigenvalue weighted by Gasteiger charge is -2.06. The summed E-state index contributed by atoms with van der Waals surface area (Å²) in [6, 6.07) is 12.6. The molecule has 0 radical (unpaired) electrons. The Balaban J connectivity index is 2.03. The van der Waals surface area contributed by atoms with Crippen LogP contribution in [0.25, 0.3) is 10.8 Å². The maximum Gasteiger partial charge on any atom is 0.262 e. The highest BCUT2D eigenvalue weighted by molar-refractivity contribution is 7.92. The van der Waals surface area contributed by atoms with Gasteiger partial charge in [0.1, 0.15) is 0 Å². The molecule has 19 heavy (non-hydrogen) atoms. The van der Waals surface area contributed by atoms with E-state index >= 15 is 0 Å². The average Bonchev–Trinajstić information content (AvgIpc) is 2.90. The number of fused-ring (bicyclic) bond motifs is 1. The summed E-state index contributed by atoms with van der Waals surface area (Å²) >= 11 is 0. The minimum Gasteiger partial charge on any atom is -0.284 e. The van der Waals surface area contributed by atoms with E-state index in [1.807, 2.05) is 24.3 Å². The maximum atomic E-state index is 12.2. The van der Waals surface area contributed by atoms with Gasteiger partial charge in [-0.3, -0.25) is 9.82 Å². The third-order valence-corrected chi connectivity index (χ3v) is 4.16. The van der Waals surface area contributed by atoms with E-state index in [1.165, 1.54) is 12.4 Å². The number of anilines is 1. The van der Waals surface area contributed by atoms with Gasteiger partial charge >= 0.3 is 0 Å². The molecule has 0 spiro atoms. The monoisotopic (exact) mass is 273 g/mol. The van der Waals surface area contributed by atoms with Gasteiger partial charge in [-0.1, -0.05) is 30.3 Å². The molecule has 0 aliphatic rings. The summed E-state index contributed by atoms with van der Waals surface area (Å²) in [4.78, 5) is 0.229. The van der Waals surface area contributed by atoms with Crippen molar-refractivity contribution in [3.8, 4) is 0 Å². The van der Waals surface area contributed by atoms with Gasteiger partial charge in [0.15, 0.2) is 0 Å². The number of benzene rings is 2. The first-order valence-electron chi connectivity index (χ1n) is 5.65. The lowest BCUT2D eigenvalue weighted by atomic mass is 10.1. The Kier molecular flexibility index (Phi) is 2.72. The van der Waals surface area contributed by atoms with E-state index in [9.17, 15) is 8.42 Å². The number of aromatic nitrogens is 2. The van der Waals surface area contributed by atoms with E-state index in [0.717, 1.165) is 10.8 Å². The second kappa shape index (κ2) is 4.40. The van der Waals surface area contributed by atoms with Crippen LogP contribution in [0.2, 0.25) is 0 Å². The third-order valence-electron chi connectivity index (χ3n) is 2.78. The second-order valence-electron chi connectivity index (χ2n) is 4.10. The van der Waals surface area contributed by atoms with Crippen molar-refractivity contribution < 1.29 is 8.42 Å². The van der Waals surface area contributed by atoms with Crippen molar-refractivity contribution in [1.82, 2.24) is 10.2 Å². The Labute approximate surface area is 110 Å². The summed E-state index contributed by atoms with van der Waals surface area (Å²) in [5.74, 6) is 0. The lowest BCUT2D eigenvalue weighted by molar-refractivity contribution is 0.601. The van der Waals surface area contributed by atoms with Crippen molar-refractivity contribution in [2.45, 2.75) is 4.90 Å². The molecule has 6 heteroatoms. The summed E-state index contributed by atoms with van der Waals surface area (Å²) in [6.45, 7) is 0. The number of hydrogen-bond donors (Lipinski definition) is 2. The standard InChI is InChI=1S/C13H11N3O2S/c17-19(18,16-12-8-14-15-9-12)13-6-5-10-3-1-2-4-11(10)7-13/h1-9,16H,(H,14,15). The first-order chi connectivity index (χ1) is 9.15. The van der Waals surface area contributed by atoms with Crippen LogP contribution in [0.15, 0.2) is 59.8 Å². The molecule has 0 saturated heterocycles. The molecule has 96 valence electrons. The van der Waals surface area contributed by atoms with Crippen LogP contribution in [0.5, 0.6) is 0 Å². The van der Waals surface area contributed by atoms with Gasteiger partial charge in [0, 0.05) is 6.20 Å². The number of sulfonamides is 1. The Morgan fingerprint density at radius 2 is 1.84 bits per heavy atom. The minimum absolute atomic E-state index is 0.229. The van der Waals surface area contributed by atoms with Crippen LogP contribution in [0, 0.1) is 0 Å². The molecular formula is C13H11N3O2S. The number of hydrogen-bond acceptors (Lipinski definition) is 3. The smallest absolute Gasteiger partial charge is 0.262 e. The number of nitrogens with one attached hydrogen (secondary N) is 2. The van der Waals surface area contributed by atoms with Crippen molar-refractivity contribution in [2.24, 2.45) is 0 Å². The van der Waals surface area contributed by atoms with Gasteiger partial charge in [-0.05, 0) is 22.9 Å². The number of rotatable bonds is 3. The zero-order valence-electron chi connectivity index (χ0n) is 9.87. The van der Waals surface area contributed by atoms with Crippen molar-refractivity contribution in [2.75, 3.05) is 4.72 Å². The van der Waals surface area contributed by atoms with Crippen LogP contribution in [-0.2, 0) is 10.0 Å². The number of H-pyrrole nitrogens is 1. The van der Waals surface area contributed by atoms with E-state index < -0.39 is 10.0 Å². The Bertz CT molecular complexity index is 811. The SMILES string of the molecule is O=S(=O)(Nc1cn[nH]c1)c1ccc2ccccc2c1. The fourth-order valence-electron chi connectivity index (χ4n) is 1.86. The Morgan fingerprint density at radius 3 is 2.58 bits per heavy atom. The van der Waals surface area contributed by atoms with Gasteiger partial charge in [0.2, 0.25) is 0 Å². The summed E-state index contributed by atoms with van der Waals surface area (Å²) in [7, 11) is -3.58. The zero-order chi connectivity index (χ0) is 13.3. The predicted molar refractivity (Wildman–Crippen MR) is 73.3 cm³/mol. The van der Waals surface area contributed by atoms with E-state index in [4.69, 9.17) is 0 Å². The molecule has 0 bridgehead atoms. The predicted octanol–water partition coefficient (Wildman–Crippen LogP) is 2.36. The molecule has 1 heterocycles. The van der Waals surface area contributed by atoms with Gasteiger partial charge < -0.3 is 0 Å². The van der Waals surface area contributed by atoms with Crippen molar-refractivity contribution in [1.29, 1.82) is 0 Å². The molecule has 1 aromatic heterocycles. The van der Waals surface area contributed by atoms with Crippen LogP contribution in [0.3, 0.4) is 0 Å². The van der Waals surface area contributed by atoms with E-state index in [1.54, 1.807) is 18.2 Å². The van der Waals surface area contributed by atoms with Crippen LogP contribution in [0.4, 0.5) is 5.69 Å². The molecule has 2 N–H and O–H groups in total. The van der Waals surface area contributed by atoms with Crippen molar-refractivity contribution >= 4 is 26.5 Å². The van der Waals surface area contributed by atoms with Crippen LogP contribution in [0.1, 0.15) is 0 Å². The third kappa shape index (κ3) is 2.30. The molecule has 3 aromatic rings. The molecule has 0 fully saturated rings. The number of nitrogens with zero attached hydrogens (tertiary/aromatic N) is 1. The van der Waals surface area contributed by atoms with Crippen LogP contribution in [-0.4, -0.2) is 18.6 Å². The van der Waals surface area contributed by atoms with Crippen LogP contribution < -0.4 is 4.72 Å². The lowest BCUT2D eigenvalue weighted by Crippen LogP contribution is -2.12. The molecular weight excluding hydrogens is 262 g/mol. The van der Waals surface area contributed by atoms with Crippen molar-refractivity contribution in [3.05, 3.63) is 54.9 Å². The molecule has 3 rings (SSSR count). The van der Waals surface area contributed by atoms with Gasteiger partial charge in [0.25, 0.3) is 10.0 Å². The molecule has 0 saturated carbocycles. The molecule has 0 aliphatic heterocycles. The fourth-order valence-corrected chi connectivity index (χ4v) is 2.92. The topological polar surface area (TPSA) is 74.8 Å². The summed E-state index contributed by atoms with van der Waals surface area (Å²) in [6.07, 6.45) is 2.90. The molecule has 0 aliphatic carbocycles. The van der Waals surface area contributed by atoms with Gasteiger partial charge in [-0.15, -0.1) is 0 Å². The second-order valence-corrected chi connectivity index (χ2v) is 5.78. The van der Waals surface area contributed by atoms with Gasteiger partial charge in [-0.2, -0.15) is 5.10 Å². The summed E-state index contributed by atoms with van der Waals surface area (Å²) < 4.78 is 26.8. The maximum absolute atomic E-state index is 12.2. The molecule has 2 aromatic carbocycles. The molecule has 0 amide bonds. The minimum atomic E-state index is -3.58. The first-order valence-corrected chi connectivity index (χ1v) is 7.14. The molecule has 0 unspecified atom stereocenters. The zero-order valence-corrected chi connectivity index (χ0v) is 10.7. The summed E-state index contributed by atoms with van der Waals surface area (Å²) in [5.41, 5.74) is 0.410. The quantitative estimate of drug-likeness (QED) is 0.769. The Morgan fingerprint density at radius 1 is 1.05 bits per heavy atom.